The summed E-state index contributed by atoms with van der Waals surface area (Å²) in [7, 11) is 0. The van der Waals surface area contributed by atoms with E-state index in [1.807, 2.05) is 73.7 Å². The van der Waals surface area contributed by atoms with Gasteiger partial charge in [0.2, 0.25) is 0 Å². The summed E-state index contributed by atoms with van der Waals surface area (Å²) in [5.41, 5.74) is 4.39. The number of carbonyl (C=O) groups excluding carboxylic acids is 2. The number of nitrogens with one attached hydrogen (secondary N) is 1. The van der Waals surface area contributed by atoms with Gasteiger partial charge in [-0.05, 0) is 54.0 Å². The number of esters is 1. The van der Waals surface area contributed by atoms with E-state index in [4.69, 9.17) is 13.9 Å². The molecule has 3 aromatic carbocycles. The van der Waals surface area contributed by atoms with Gasteiger partial charge in [-0.3, -0.25) is 0 Å². The van der Waals surface area contributed by atoms with Crippen molar-refractivity contribution in [1.29, 1.82) is 0 Å². The van der Waals surface area contributed by atoms with Crippen molar-refractivity contribution in [3.05, 3.63) is 111 Å². The Morgan fingerprint density at radius 1 is 0.949 bits per heavy atom. The molecule has 1 aliphatic carbocycles. The number of amides is 1. The third-order valence-electron chi connectivity index (χ3n) is 6.96. The summed E-state index contributed by atoms with van der Waals surface area (Å²) in [5.74, 6) is -0.302. The van der Waals surface area contributed by atoms with Crippen LogP contribution in [0.4, 0.5) is 4.79 Å². The summed E-state index contributed by atoms with van der Waals surface area (Å²) in [6, 6.07) is 21.3. The fraction of sp³-hybridized carbons (Fsp3) is 0.281. The van der Waals surface area contributed by atoms with Crippen molar-refractivity contribution in [3.8, 4) is 5.75 Å². The van der Waals surface area contributed by atoms with Crippen molar-refractivity contribution in [1.82, 2.24) is 5.32 Å². The van der Waals surface area contributed by atoms with Gasteiger partial charge in [0.15, 0.2) is 0 Å². The Balaban J connectivity index is 1.40. The van der Waals surface area contributed by atoms with Crippen LogP contribution in [0.2, 0.25) is 0 Å². The van der Waals surface area contributed by atoms with Crippen molar-refractivity contribution >= 4 is 23.0 Å². The van der Waals surface area contributed by atoms with Crippen LogP contribution in [-0.2, 0) is 41.8 Å². The molecule has 1 amide bonds. The van der Waals surface area contributed by atoms with Gasteiger partial charge < -0.3 is 19.2 Å². The Morgan fingerprint density at radius 3 is 2.36 bits per heavy atom. The topological polar surface area (TPSA) is 94.8 Å². The maximum Gasteiger partial charge on any atom is 0.408 e. The molecule has 200 valence electrons. The van der Waals surface area contributed by atoms with Crippen LogP contribution in [0.3, 0.4) is 0 Å². The van der Waals surface area contributed by atoms with Gasteiger partial charge >= 0.3 is 17.7 Å². The number of fused-ring (bicyclic) bond motifs is 3. The molecule has 4 aromatic rings. The first-order valence-electron chi connectivity index (χ1n) is 13.4. The molecule has 0 saturated heterocycles. The number of aryl methyl sites for hydroxylation is 2. The maximum absolute atomic E-state index is 13.5. The first-order valence-corrected chi connectivity index (χ1v) is 13.4. The zero-order valence-corrected chi connectivity index (χ0v) is 21.9. The van der Waals surface area contributed by atoms with Crippen LogP contribution in [0, 0.1) is 0 Å². The number of rotatable bonds is 9. The summed E-state index contributed by atoms with van der Waals surface area (Å²) in [6.07, 6.45) is 3.50. The van der Waals surface area contributed by atoms with Gasteiger partial charge in [-0.25, -0.2) is 14.4 Å². The molecule has 1 N–H and O–H groups in total. The number of hydrogen-bond donors (Lipinski definition) is 1. The van der Waals surface area contributed by atoms with Crippen LogP contribution in [-0.4, -0.2) is 18.1 Å². The first kappa shape index (κ1) is 26.2. The lowest BCUT2D eigenvalue weighted by Gasteiger charge is -2.19. The highest BCUT2D eigenvalue weighted by Gasteiger charge is 2.26. The third kappa shape index (κ3) is 6.20. The van der Waals surface area contributed by atoms with Crippen LogP contribution < -0.4 is 15.7 Å². The molecule has 0 spiro atoms. The highest BCUT2D eigenvalue weighted by molar-refractivity contribution is 5.87. The van der Waals surface area contributed by atoms with Crippen LogP contribution in [0.15, 0.2) is 82.0 Å². The monoisotopic (exact) mass is 525 g/mol. The van der Waals surface area contributed by atoms with Crippen LogP contribution in [0.25, 0.3) is 11.0 Å². The van der Waals surface area contributed by atoms with Crippen LogP contribution >= 0.6 is 0 Å². The van der Waals surface area contributed by atoms with E-state index in [-0.39, 0.29) is 18.7 Å². The SMILES string of the molecule is CCCc1cc2c3c(c(=O)oc2cc1OC(=O)[C@@H](Cc1ccccc1)NC(=O)OCc1ccccc1)CCC3. The van der Waals surface area contributed by atoms with E-state index in [9.17, 15) is 14.4 Å². The van der Waals surface area contributed by atoms with E-state index in [1.54, 1.807) is 6.07 Å². The predicted molar refractivity (Wildman–Crippen MR) is 148 cm³/mol. The average molecular weight is 526 g/mol. The largest absolute Gasteiger partial charge is 0.445 e. The van der Waals surface area contributed by atoms with Crippen molar-refractivity contribution in [2.45, 2.75) is 58.1 Å². The van der Waals surface area contributed by atoms with E-state index >= 15 is 0 Å². The molecule has 1 atom stereocenters. The molecule has 1 aromatic heterocycles. The smallest absolute Gasteiger partial charge is 0.408 e. The van der Waals surface area contributed by atoms with E-state index in [0.29, 0.717) is 17.8 Å². The molecule has 0 bridgehead atoms. The minimum Gasteiger partial charge on any atom is -0.445 e. The molecule has 1 aliphatic rings. The lowest BCUT2D eigenvalue weighted by atomic mass is 10.0. The maximum atomic E-state index is 13.5. The second-order valence-corrected chi connectivity index (χ2v) is 9.78. The molecule has 1 heterocycles. The number of benzene rings is 3. The molecule has 0 fully saturated rings. The highest BCUT2D eigenvalue weighted by atomic mass is 16.6. The van der Waals surface area contributed by atoms with Crippen LogP contribution in [0.5, 0.6) is 5.75 Å². The van der Waals surface area contributed by atoms with Crippen LogP contribution in [0.1, 0.15) is 47.6 Å². The molecule has 0 unspecified atom stereocenters. The van der Waals surface area contributed by atoms with Crippen molar-refractivity contribution in [2.24, 2.45) is 0 Å². The molecule has 39 heavy (non-hydrogen) atoms. The lowest BCUT2D eigenvalue weighted by Crippen LogP contribution is -2.44. The second-order valence-electron chi connectivity index (χ2n) is 9.78. The second kappa shape index (κ2) is 12.0. The summed E-state index contributed by atoms with van der Waals surface area (Å²) in [5, 5.41) is 3.58. The first-order chi connectivity index (χ1) is 19.0. The Kier molecular flexibility index (Phi) is 8.06. The number of alkyl carbamates (subject to hydrolysis) is 1. The molecular formula is C32H31NO6. The normalized spacial score (nSPS) is 13.1. The van der Waals surface area contributed by atoms with Gasteiger partial charge in [0.1, 0.15) is 24.0 Å². The van der Waals surface area contributed by atoms with Crippen molar-refractivity contribution < 1.29 is 23.5 Å². The van der Waals surface area contributed by atoms with Gasteiger partial charge in [-0.1, -0.05) is 74.0 Å². The molecule has 0 saturated carbocycles. The summed E-state index contributed by atoms with van der Waals surface area (Å²) in [6.45, 7) is 2.13. The van der Waals surface area contributed by atoms with E-state index < -0.39 is 18.1 Å². The third-order valence-corrected chi connectivity index (χ3v) is 6.96. The minimum absolute atomic E-state index is 0.0778. The molecule has 0 aliphatic heterocycles. The molecular weight excluding hydrogens is 494 g/mol. The van der Waals surface area contributed by atoms with Crippen molar-refractivity contribution in [2.75, 3.05) is 0 Å². The summed E-state index contributed by atoms with van der Waals surface area (Å²) in [4.78, 5) is 38.7. The standard InChI is InChI=1S/C32H31NO6/c1-2-10-23-18-26-24-15-9-16-25(24)30(34)39-29(26)19-28(23)38-31(35)27(17-21-11-5-3-6-12-21)33-32(36)37-20-22-13-7-4-8-14-22/h3-8,11-14,18-19,27H,2,9-10,15-17,20H2,1H3,(H,33,36)/t27-/m1/s1. The van der Waals surface area contributed by atoms with Gasteiger partial charge in [0, 0.05) is 23.4 Å². The highest BCUT2D eigenvalue weighted by Crippen LogP contribution is 2.33. The Bertz CT molecular complexity index is 1530. The zero-order valence-electron chi connectivity index (χ0n) is 21.9. The van der Waals surface area contributed by atoms with Gasteiger partial charge in [0.05, 0.1) is 0 Å². The number of ether oxygens (including phenoxy) is 2. The van der Waals surface area contributed by atoms with Gasteiger partial charge in [-0.2, -0.15) is 0 Å². The minimum atomic E-state index is -0.993. The Morgan fingerprint density at radius 2 is 1.64 bits per heavy atom. The number of carbonyl (C=O) groups is 2. The van der Waals surface area contributed by atoms with E-state index in [2.05, 4.69) is 5.32 Å². The predicted octanol–water partition coefficient (Wildman–Crippen LogP) is 5.68. The average Bonchev–Trinajstić information content (AvgIpc) is 3.45. The Hall–Kier alpha value is -4.39. The van der Waals surface area contributed by atoms with E-state index in [1.165, 1.54) is 0 Å². The van der Waals surface area contributed by atoms with E-state index in [0.717, 1.165) is 58.9 Å². The lowest BCUT2D eigenvalue weighted by molar-refractivity contribution is -0.136. The fourth-order valence-electron chi connectivity index (χ4n) is 5.04. The van der Waals surface area contributed by atoms with Gasteiger partial charge in [-0.15, -0.1) is 0 Å². The fourth-order valence-corrected chi connectivity index (χ4v) is 5.04. The summed E-state index contributed by atoms with van der Waals surface area (Å²) < 4.78 is 16.9. The molecule has 7 nitrogen and oxygen atoms in total. The van der Waals surface area contributed by atoms with Gasteiger partial charge in [0.25, 0.3) is 0 Å². The summed E-state index contributed by atoms with van der Waals surface area (Å²) >= 11 is 0. The molecule has 5 rings (SSSR count). The van der Waals surface area contributed by atoms with Crippen molar-refractivity contribution in [3.63, 3.8) is 0 Å². The number of hydrogen-bond acceptors (Lipinski definition) is 6. The quantitative estimate of drug-likeness (QED) is 0.172. The molecule has 0 radical (unpaired) electrons. The molecule has 7 heteroatoms. The Labute approximate surface area is 226 Å². The zero-order chi connectivity index (χ0) is 27.2.